The Kier molecular flexibility index (Phi) is 6.10. The SMILES string of the molecule is C=CCc1c(C=C)ccc2ccccc12.O=[P+](O)O. The summed E-state index contributed by atoms with van der Waals surface area (Å²) in [6, 6.07) is 12.7. The van der Waals surface area contributed by atoms with Crippen molar-refractivity contribution in [2.24, 2.45) is 0 Å². The van der Waals surface area contributed by atoms with Crippen LogP contribution in [0.15, 0.2) is 55.6 Å². The molecule has 2 rings (SSSR count). The van der Waals surface area contributed by atoms with Gasteiger partial charge < -0.3 is 0 Å². The minimum atomic E-state index is -2.87. The van der Waals surface area contributed by atoms with Gasteiger partial charge in [0.05, 0.1) is 0 Å². The maximum absolute atomic E-state index is 8.70. The van der Waals surface area contributed by atoms with Gasteiger partial charge in [-0.25, -0.2) is 0 Å². The van der Waals surface area contributed by atoms with Crippen LogP contribution < -0.4 is 0 Å². The van der Waals surface area contributed by atoms with Crippen LogP contribution in [0.3, 0.4) is 0 Å². The summed E-state index contributed by atoms with van der Waals surface area (Å²) < 4.78 is 8.70. The van der Waals surface area contributed by atoms with Crippen molar-refractivity contribution in [2.75, 3.05) is 0 Å². The normalized spacial score (nSPS) is 9.37. The van der Waals surface area contributed by atoms with Gasteiger partial charge in [-0.15, -0.1) is 16.4 Å². The number of rotatable bonds is 3. The van der Waals surface area contributed by atoms with Crippen molar-refractivity contribution in [3.05, 3.63) is 66.8 Å². The quantitative estimate of drug-likeness (QED) is 0.661. The largest absolute Gasteiger partial charge is 0.692 e. The maximum atomic E-state index is 8.70. The molecule has 0 saturated heterocycles. The lowest BCUT2D eigenvalue weighted by Crippen LogP contribution is -1.89. The number of hydrogen-bond acceptors (Lipinski definition) is 1. The van der Waals surface area contributed by atoms with Gasteiger partial charge in [-0.05, 0) is 28.3 Å². The van der Waals surface area contributed by atoms with Crippen LogP contribution in [0.4, 0.5) is 0 Å². The fourth-order valence-corrected chi connectivity index (χ4v) is 1.92. The summed E-state index contributed by atoms with van der Waals surface area (Å²) in [4.78, 5) is 14.2. The third kappa shape index (κ3) is 4.42. The molecule has 19 heavy (non-hydrogen) atoms. The highest BCUT2D eigenvalue weighted by Gasteiger charge is 2.02. The molecule has 0 amide bonds. The van der Waals surface area contributed by atoms with Crippen LogP contribution in [-0.4, -0.2) is 9.79 Å². The summed E-state index contributed by atoms with van der Waals surface area (Å²) in [5.41, 5.74) is 2.52. The number of benzene rings is 2. The van der Waals surface area contributed by atoms with E-state index in [4.69, 9.17) is 14.4 Å². The molecule has 0 fully saturated rings. The summed E-state index contributed by atoms with van der Waals surface area (Å²) in [5, 5.41) is 2.58. The van der Waals surface area contributed by atoms with Crippen molar-refractivity contribution in [1.82, 2.24) is 0 Å². The lowest BCUT2D eigenvalue weighted by Gasteiger charge is -2.08. The third-order valence-electron chi connectivity index (χ3n) is 2.65. The fraction of sp³-hybridized carbons (Fsp3) is 0.0667. The molecule has 0 spiro atoms. The summed E-state index contributed by atoms with van der Waals surface area (Å²) >= 11 is 0. The molecule has 0 aliphatic rings. The molecule has 0 radical (unpaired) electrons. The zero-order valence-corrected chi connectivity index (χ0v) is 11.4. The Balaban J connectivity index is 0.000000399. The topological polar surface area (TPSA) is 57.5 Å². The van der Waals surface area contributed by atoms with Crippen molar-refractivity contribution in [3.8, 4) is 0 Å². The molecule has 2 N–H and O–H groups in total. The van der Waals surface area contributed by atoms with E-state index in [9.17, 15) is 0 Å². The van der Waals surface area contributed by atoms with E-state index >= 15 is 0 Å². The van der Waals surface area contributed by atoms with Gasteiger partial charge in [0.25, 0.3) is 0 Å². The average molecular weight is 275 g/mol. The van der Waals surface area contributed by atoms with E-state index in [0.29, 0.717) is 0 Å². The molecule has 2 aromatic carbocycles. The van der Waals surface area contributed by atoms with Gasteiger partial charge in [-0.2, -0.15) is 0 Å². The van der Waals surface area contributed by atoms with E-state index in [2.05, 4.69) is 49.6 Å². The zero-order valence-electron chi connectivity index (χ0n) is 10.5. The van der Waals surface area contributed by atoms with Crippen molar-refractivity contribution < 1.29 is 14.4 Å². The first-order chi connectivity index (χ1) is 9.10. The number of fused-ring (bicyclic) bond motifs is 1. The van der Waals surface area contributed by atoms with Gasteiger partial charge in [0, 0.05) is 4.57 Å². The molecule has 0 saturated carbocycles. The van der Waals surface area contributed by atoms with Crippen LogP contribution >= 0.6 is 8.25 Å². The monoisotopic (exact) mass is 275 g/mol. The Morgan fingerprint density at radius 2 is 1.74 bits per heavy atom. The Bertz CT molecular complexity index is 601. The number of hydrogen-bond donors (Lipinski definition) is 2. The molecule has 0 unspecified atom stereocenters. The van der Waals surface area contributed by atoms with E-state index in [1.165, 1.54) is 21.9 Å². The van der Waals surface area contributed by atoms with Gasteiger partial charge in [0.2, 0.25) is 0 Å². The lowest BCUT2D eigenvalue weighted by molar-refractivity contribution is 0.405. The molecule has 0 aliphatic carbocycles. The fourth-order valence-electron chi connectivity index (χ4n) is 1.92. The molecule has 0 bridgehead atoms. The Morgan fingerprint density at radius 1 is 1.11 bits per heavy atom. The molecule has 0 aliphatic heterocycles. The van der Waals surface area contributed by atoms with E-state index in [1.54, 1.807) is 0 Å². The minimum Gasteiger partial charge on any atom is -0.134 e. The van der Waals surface area contributed by atoms with Crippen LogP contribution in [0, 0.1) is 0 Å². The molecule has 0 aromatic heterocycles. The Labute approximate surface area is 113 Å². The van der Waals surface area contributed by atoms with Crippen LogP contribution in [-0.2, 0) is 11.0 Å². The van der Waals surface area contributed by atoms with Gasteiger partial charge in [0.1, 0.15) is 0 Å². The zero-order chi connectivity index (χ0) is 14.3. The highest BCUT2D eigenvalue weighted by molar-refractivity contribution is 7.30. The van der Waals surface area contributed by atoms with Crippen molar-refractivity contribution in [1.29, 1.82) is 0 Å². The lowest BCUT2D eigenvalue weighted by atomic mass is 9.97. The standard InChI is InChI=1S/C15H14.HO3P/c1-3-7-14-12(4-2)10-11-13-8-5-6-9-15(13)14;1-4(2)3/h3-6,8-11H,1-2,7H2;(H-,1,2,3)/p+1. The minimum absolute atomic E-state index is 0.892. The highest BCUT2D eigenvalue weighted by atomic mass is 31.1. The highest BCUT2D eigenvalue weighted by Crippen LogP contribution is 2.23. The van der Waals surface area contributed by atoms with Crippen LogP contribution in [0.25, 0.3) is 16.8 Å². The van der Waals surface area contributed by atoms with Crippen LogP contribution in [0.2, 0.25) is 0 Å². The van der Waals surface area contributed by atoms with E-state index in [-0.39, 0.29) is 0 Å². The predicted octanol–water partition coefficient (Wildman–Crippen LogP) is 3.84. The molecule has 0 heterocycles. The molecule has 3 nitrogen and oxygen atoms in total. The van der Waals surface area contributed by atoms with Crippen LogP contribution in [0.5, 0.6) is 0 Å². The van der Waals surface area contributed by atoms with E-state index in [0.717, 1.165) is 6.42 Å². The third-order valence-corrected chi connectivity index (χ3v) is 2.65. The number of allylic oxidation sites excluding steroid dienone is 1. The molecule has 4 heteroatoms. The predicted molar refractivity (Wildman–Crippen MR) is 80.0 cm³/mol. The maximum Gasteiger partial charge on any atom is 0.692 e. The van der Waals surface area contributed by atoms with Gasteiger partial charge in [-0.1, -0.05) is 55.1 Å². The summed E-state index contributed by atoms with van der Waals surface area (Å²) in [6.07, 6.45) is 4.74. The Morgan fingerprint density at radius 3 is 2.32 bits per heavy atom. The molecular formula is C15H16O3P+. The average Bonchev–Trinajstić information content (AvgIpc) is 2.39. The molecular weight excluding hydrogens is 259 g/mol. The molecule has 0 atom stereocenters. The van der Waals surface area contributed by atoms with Crippen molar-refractivity contribution in [3.63, 3.8) is 0 Å². The van der Waals surface area contributed by atoms with Gasteiger partial charge in [-0.3, -0.25) is 0 Å². The van der Waals surface area contributed by atoms with Crippen LogP contribution in [0.1, 0.15) is 11.1 Å². The Hall–Kier alpha value is -1.80. The summed E-state index contributed by atoms with van der Waals surface area (Å²) in [6.45, 7) is 7.65. The van der Waals surface area contributed by atoms with E-state index < -0.39 is 8.25 Å². The molecule has 98 valence electrons. The van der Waals surface area contributed by atoms with Crippen molar-refractivity contribution in [2.45, 2.75) is 6.42 Å². The first kappa shape index (κ1) is 15.3. The smallest absolute Gasteiger partial charge is 0.134 e. The second kappa shape index (κ2) is 7.59. The van der Waals surface area contributed by atoms with Gasteiger partial charge in [0.15, 0.2) is 0 Å². The second-order valence-electron chi connectivity index (χ2n) is 3.80. The van der Waals surface area contributed by atoms with Gasteiger partial charge >= 0.3 is 8.25 Å². The first-order valence-corrected chi connectivity index (χ1v) is 6.85. The molecule has 2 aromatic rings. The first-order valence-electron chi connectivity index (χ1n) is 5.69. The summed E-state index contributed by atoms with van der Waals surface area (Å²) in [5.74, 6) is 0. The van der Waals surface area contributed by atoms with E-state index in [1.807, 2.05) is 12.2 Å². The summed E-state index contributed by atoms with van der Waals surface area (Å²) in [7, 11) is -2.87. The van der Waals surface area contributed by atoms with Crippen molar-refractivity contribution >= 4 is 25.1 Å². The second-order valence-corrected chi connectivity index (χ2v) is 4.31.